The van der Waals surface area contributed by atoms with Crippen LogP contribution in [0.15, 0.2) is 35.7 Å². The first-order valence-electron chi connectivity index (χ1n) is 10.2. The number of nitrogens with zero attached hydrogens (tertiary/aromatic N) is 2. The molecule has 8 heteroatoms. The van der Waals surface area contributed by atoms with Gasteiger partial charge in [0, 0.05) is 30.0 Å². The molecule has 0 saturated carbocycles. The van der Waals surface area contributed by atoms with Crippen molar-refractivity contribution in [3.05, 3.63) is 52.0 Å². The fraction of sp³-hybridized carbons (Fsp3) is 0.455. The summed E-state index contributed by atoms with van der Waals surface area (Å²) in [5.74, 6) is 0.539. The average Bonchev–Trinajstić information content (AvgIpc) is 3.37. The van der Waals surface area contributed by atoms with Gasteiger partial charge in [0.2, 0.25) is 0 Å². The van der Waals surface area contributed by atoms with Gasteiger partial charge >= 0.3 is 6.09 Å². The van der Waals surface area contributed by atoms with E-state index in [1.54, 1.807) is 28.4 Å². The van der Waals surface area contributed by atoms with Crippen LogP contribution >= 0.6 is 11.3 Å². The molecule has 1 saturated heterocycles. The lowest BCUT2D eigenvalue weighted by atomic mass is 9.98. The molecule has 1 fully saturated rings. The molecule has 2 aromatic rings. The number of piperidine rings is 1. The number of carbonyl (C=O) groups is 1. The van der Waals surface area contributed by atoms with Crippen LogP contribution in [0.4, 0.5) is 4.79 Å². The summed E-state index contributed by atoms with van der Waals surface area (Å²) in [4.78, 5) is 24.5. The summed E-state index contributed by atoms with van der Waals surface area (Å²) in [6, 6.07) is 7.14. The molecular formula is C22H27N3O4S. The fourth-order valence-electron chi connectivity index (χ4n) is 3.60. The summed E-state index contributed by atoms with van der Waals surface area (Å²) in [5, 5.41) is 13.1. The highest BCUT2D eigenvalue weighted by Gasteiger charge is 2.29. The maximum absolute atomic E-state index is 12.2. The molecular weight excluding hydrogens is 402 g/mol. The van der Waals surface area contributed by atoms with Gasteiger partial charge in [0.15, 0.2) is 0 Å². The molecule has 1 aromatic carbocycles. The minimum absolute atomic E-state index is 0.206. The van der Waals surface area contributed by atoms with Crippen molar-refractivity contribution in [1.82, 2.24) is 15.4 Å². The second kappa shape index (κ2) is 8.28. The molecule has 1 amide bonds. The lowest BCUT2D eigenvalue weighted by molar-refractivity contribution is 0.0204. The SMILES string of the molecule is CC(C)(C)OC(=O)N1CCC(c2nc(C3=CC(c4ccccc4O)ON3)cs2)CC1. The van der Waals surface area contributed by atoms with Crippen LogP contribution < -0.4 is 5.48 Å². The van der Waals surface area contributed by atoms with E-state index in [0.717, 1.165) is 29.2 Å². The summed E-state index contributed by atoms with van der Waals surface area (Å²) in [6.45, 7) is 7.00. The van der Waals surface area contributed by atoms with Gasteiger partial charge in [0.25, 0.3) is 0 Å². The Bertz CT molecular complexity index is 942. The molecule has 4 rings (SSSR count). The van der Waals surface area contributed by atoms with E-state index in [2.05, 4.69) is 5.48 Å². The lowest BCUT2D eigenvalue weighted by Crippen LogP contribution is -2.41. The van der Waals surface area contributed by atoms with Gasteiger partial charge in [0.1, 0.15) is 17.5 Å². The van der Waals surface area contributed by atoms with Gasteiger partial charge in [-0.1, -0.05) is 18.2 Å². The number of hydroxylamine groups is 1. The number of amides is 1. The first kappa shape index (κ1) is 20.7. The third kappa shape index (κ3) is 4.60. The number of likely N-dealkylation sites (tertiary alicyclic amines) is 1. The van der Waals surface area contributed by atoms with Crippen LogP contribution in [-0.2, 0) is 9.57 Å². The summed E-state index contributed by atoms with van der Waals surface area (Å²) >= 11 is 1.63. The molecule has 0 aliphatic carbocycles. The van der Waals surface area contributed by atoms with Crippen molar-refractivity contribution in [2.45, 2.75) is 51.2 Å². The minimum atomic E-state index is -0.476. The molecule has 0 spiro atoms. The number of para-hydroxylation sites is 1. The van der Waals surface area contributed by atoms with Gasteiger partial charge < -0.3 is 14.7 Å². The van der Waals surface area contributed by atoms with Crippen molar-refractivity contribution in [2.24, 2.45) is 0 Å². The average molecular weight is 430 g/mol. The van der Waals surface area contributed by atoms with Gasteiger partial charge in [-0.2, -0.15) is 0 Å². The van der Waals surface area contributed by atoms with E-state index in [1.807, 2.05) is 44.4 Å². The molecule has 160 valence electrons. The molecule has 0 radical (unpaired) electrons. The standard InChI is InChI=1S/C22H27N3O4S/c1-22(2,3)28-21(27)25-10-8-14(9-11-25)20-23-17(13-30-20)16-12-19(29-24-16)15-6-4-5-7-18(15)26/h4-7,12-14,19,24,26H,8-11H2,1-3H3. The Morgan fingerprint density at radius 2 is 2.03 bits per heavy atom. The van der Waals surface area contributed by atoms with Gasteiger partial charge in [-0.05, 0) is 45.8 Å². The van der Waals surface area contributed by atoms with Gasteiger partial charge in [-0.3, -0.25) is 10.3 Å². The van der Waals surface area contributed by atoms with Crippen LogP contribution in [0, 0.1) is 0 Å². The van der Waals surface area contributed by atoms with Crippen LogP contribution in [-0.4, -0.2) is 39.8 Å². The van der Waals surface area contributed by atoms with Crippen molar-refractivity contribution in [1.29, 1.82) is 0 Å². The molecule has 30 heavy (non-hydrogen) atoms. The first-order chi connectivity index (χ1) is 14.3. The van der Waals surface area contributed by atoms with Crippen LogP contribution in [0.3, 0.4) is 0 Å². The number of carbonyl (C=O) groups excluding carboxylic acids is 1. The van der Waals surface area contributed by atoms with E-state index in [-0.39, 0.29) is 17.9 Å². The highest BCUT2D eigenvalue weighted by molar-refractivity contribution is 7.09. The number of benzene rings is 1. The highest BCUT2D eigenvalue weighted by atomic mass is 32.1. The fourth-order valence-corrected chi connectivity index (χ4v) is 4.59. The van der Waals surface area contributed by atoms with Gasteiger partial charge in [0.05, 0.1) is 16.4 Å². The third-order valence-electron chi connectivity index (χ3n) is 5.15. The number of ether oxygens (including phenoxy) is 1. The number of nitrogens with one attached hydrogen (secondary N) is 1. The van der Waals surface area contributed by atoms with E-state index < -0.39 is 5.60 Å². The van der Waals surface area contributed by atoms with Crippen LogP contribution in [0.2, 0.25) is 0 Å². The monoisotopic (exact) mass is 429 g/mol. The van der Waals surface area contributed by atoms with E-state index in [1.165, 1.54) is 0 Å². The summed E-state index contributed by atoms with van der Waals surface area (Å²) in [7, 11) is 0. The highest BCUT2D eigenvalue weighted by Crippen LogP contribution is 2.36. The molecule has 2 aliphatic heterocycles. The normalized spacial score (nSPS) is 20.0. The maximum Gasteiger partial charge on any atom is 0.410 e. The maximum atomic E-state index is 12.2. The molecule has 2 aliphatic rings. The zero-order valence-corrected chi connectivity index (χ0v) is 18.2. The van der Waals surface area contributed by atoms with E-state index >= 15 is 0 Å². The predicted octanol–water partition coefficient (Wildman–Crippen LogP) is 4.58. The molecule has 7 nitrogen and oxygen atoms in total. The van der Waals surface area contributed by atoms with Crippen molar-refractivity contribution < 1.29 is 19.5 Å². The third-order valence-corrected chi connectivity index (χ3v) is 6.16. The zero-order valence-electron chi connectivity index (χ0n) is 17.4. The van der Waals surface area contributed by atoms with Crippen molar-refractivity contribution in [3.63, 3.8) is 0 Å². The summed E-state index contributed by atoms with van der Waals surface area (Å²) < 4.78 is 5.47. The Morgan fingerprint density at radius 3 is 2.73 bits per heavy atom. The molecule has 1 unspecified atom stereocenters. The number of rotatable bonds is 3. The summed E-state index contributed by atoms with van der Waals surface area (Å²) in [6.07, 6.45) is 3.07. The molecule has 3 heterocycles. The summed E-state index contributed by atoms with van der Waals surface area (Å²) in [5.41, 5.74) is 4.81. The Kier molecular flexibility index (Phi) is 5.71. The van der Waals surface area contributed by atoms with Crippen molar-refractivity contribution in [2.75, 3.05) is 13.1 Å². The Hall–Kier alpha value is -2.58. The second-order valence-corrected chi connectivity index (χ2v) is 9.48. The number of thiazole rings is 1. The van der Waals surface area contributed by atoms with E-state index in [9.17, 15) is 9.90 Å². The largest absolute Gasteiger partial charge is 0.508 e. The smallest absolute Gasteiger partial charge is 0.410 e. The number of hydrogen-bond acceptors (Lipinski definition) is 7. The van der Waals surface area contributed by atoms with Crippen LogP contribution in [0.25, 0.3) is 5.70 Å². The lowest BCUT2D eigenvalue weighted by Gasteiger charge is -2.32. The number of aromatic nitrogens is 1. The van der Waals surface area contributed by atoms with Crippen LogP contribution in [0.1, 0.15) is 61.9 Å². The molecule has 1 atom stereocenters. The number of phenols is 1. The second-order valence-electron chi connectivity index (χ2n) is 8.59. The molecule has 0 bridgehead atoms. The Balaban J connectivity index is 1.38. The van der Waals surface area contributed by atoms with Gasteiger partial charge in [-0.25, -0.2) is 9.78 Å². The number of phenolic OH excluding ortho intramolecular Hbond substituents is 1. The zero-order chi connectivity index (χ0) is 21.3. The van der Waals surface area contributed by atoms with Crippen molar-refractivity contribution >= 4 is 23.1 Å². The Morgan fingerprint density at radius 1 is 1.30 bits per heavy atom. The topological polar surface area (TPSA) is 83.9 Å². The predicted molar refractivity (Wildman–Crippen MR) is 115 cm³/mol. The Labute approximate surface area is 180 Å². The number of aromatic hydroxyl groups is 1. The van der Waals surface area contributed by atoms with E-state index in [0.29, 0.717) is 24.6 Å². The molecule has 2 N–H and O–H groups in total. The van der Waals surface area contributed by atoms with Crippen LogP contribution in [0.5, 0.6) is 5.75 Å². The first-order valence-corrected chi connectivity index (χ1v) is 11.0. The molecule has 1 aromatic heterocycles. The quantitative estimate of drug-likeness (QED) is 0.743. The minimum Gasteiger partial charge on any atom is -0.508 e. The number of hydrogen-bond donors (Lipinski definition) is 2. The van der Waals surface area contributed by atoms with Gasteiger partial charge in [-0.15, -0.1) is 11.3 Å². The van der Waals surface area contributed by atoms with E-state index in [4.69, 9.17) is 14.6 Å². The van der Waals surface area contributed by atoms with Crippen molar-refractivity contribution in [3.8, 4) is 5.75 Å².